The van der Waals surface area contributed by atoms with Crippen molar-refractivity contribution in [1.29, 1.82) is 0 Å². The summed E-state index contributed by atoms with van der Waals surface area (Å²) in [7, 11) is 0. The Hall–Kier alpha value is -1.51. The minimum atomic E-state index is -0.183. The van der Waals surface area contributed by atoms with Crippen molar-refractivity contribution in [2.75, 3.05) is 0 Å². The summed E-state index contributed by atoms with van der Waals surface area (Å²) in [5.74, 6) is 0.669. The van der Waals surface area contributed by atoms with Gasteiger partial charge in [-0.15, -0.1) is 0 Å². The zero-order valence-electron chi connectivity index (χ0n) is 11.8. The van der Waals surface area contributed by atoms with Crippen LogP contribution in [-0.2, 0) is 6.42 Å². The van der Waals surface area contributed by atoms with E-state index in [9.17, 15) is 0 Å². The summed E-state index contributed by atoms with van der Waals surface area (Å²) in [4.78, 5) is 0. The average Bonchev–Trinajstić information content (AvgIpc) is 2.49. The predicted octanol–water partition coefficient (Wildman–Crippen LogP) is 4.37. The van der Waals surface area contributed by atoms with Gasteiger partial charge in [-0.05, 0) is 36.6 Å². The fourth-order valence-electron chi connectivity index (χ4n) is 2.06. The van der Waals surface area contributed by atoms with E-state index in [1.807, 2.05) is 31.2 Å². The molecule has 20 heavy (non-hydrogen) atoms. The maximum atomic E-state index is 6.26. The molecule has 0 aliphatic heterocycles. The highest BCUT2D eigenvalue weighted by Crippen LogP contribution is 2.27. The number of halogens is 1. The van der Waals surface area contributed by atoms with Gasteiger partial charge in [0, 0.05) is 0 Å². The Morgan fingerprint density at radius 1 is 1.10 bits per heavy atom. The van der Waals surface area contributed by atoms with Gasteiger partial charge >= 0.3 is 0 Å². The summed E-state index contributed by atoms with van der Waals surface area (Å²) in [5.41, 5.74) is 8.64. The van der Waals surface area contributed by atoms with E-state index in [1.54, 1.807) is 0 Å². The van der Waals surface area contributed by atoms with Crippen LogP contribution >= 0.6 is 11.6 Å². The van der Waals surface area contributed by atoms with Crippen LogP contribution in [0.2, 0.25) is 5.02 Å². The number of nitrogens with two attached hydrogens (primary N) is 1. The van der Waals surface area contributed by atoms with Gasteiger partial charge in [0.25, 0.3) is 0 Å². The lowest BCUT2D eigenvalue weighted by atomic mass is 10.0. The summed E-state index contributed by atoms with van der Waals surface area (Å²) in [6, 6.07) is 15.6. The molecule has 0 aliphatic carbocycles. The molecule has 106 valence electrons. The second-order valence-corrected chi connectivity index (χ2v) is 5.28. The van der Waals surface area contributed by atoms with Crippen LogP contribution in [0.4, 0.5) is 0 Å². The summed E-state index contributed by atoms with van der Waals surface area (Å²) in [6.45, 7) is 4.10. The molecule has 0 saturated heterocycles. The number of ether oxygens (including phenoxy) is 1. The van der Waals surface area contributed by atoms with Crippen molar-refractivity contribution in [3.8, 4) is 5.75 Å². The largest absolute Gasteiger partial charge is 0.487 e. The molecule has 2 N–H and O–H groups in total. The van der Waals surface area contributed by atoms with Crippen LogP contribution in [0, 0.1) is 0 Å². The molecule has 0 aliphatic rings. The maximum Gasteiger partial charge on any atom is 0.138 e. The summed E-state index contributed by atoms with van der Waals surface area (Å²) in [6.07, 6.45) is 0.878. The highest BCUT2D eigenvalue weighted by atomic mass is 35.5. The minimum Gasteiger partial charge on any atom is -0.487 e. The molecule has 0 spiro atoms. The Balaban J connectivity index is 2.08. The molecule has 0 saturated carbocycles. The molecule has 0 amide bonds. The number of rotatable bonds is 5. The van der Waals surface area contributed by atoms with E-state index in [1.165, 1.54) is 5.56 Å². The number of para-hydroxylation sites is 1. The van der Waals surface area contributed by atoms with Crippen molar-refractivity contribution in [3.05, 3.63) is 64.7 Å². The minimum absolute atomic E-state index is 0.151. The number of aryl methyl sites for hydroxylation is 1. The van der Waals surface area contributed by atoms with Gasteiger partial charge in [-0.25, -0.2) is 0 Å². The van der Waals surface area contributed by atoms with E-state index in [2.05, 4.69) is 31.2 Å². The summed E-state index contributed by atoms with van der Waals surface area (Å²) >= 11 is 6.09. The van der Waals surface area contributed by atoms with Crippen molar-refractivity contribution in [2.24, 2.45) is 5.73 Å². The molecule has 2 nitrogen and oxygen atoms in total. The number of hydrogen-bond donors (Lipinski definition) is 1. The van der Waals surface area contributed by atoms with Crippen molar-refractivity contribution in [2.45, 2.75) is 32.4 Å². The average molecular weight is 290 g/mol. The molecule has 0 heterocycles. The molecular formula is C17H20ClNO. The van der Waals surface area contributed by atoms with Gasteiger partial charge in [-0.3, -0.25) is 0 Å². The number of benzene rings is 2. The molecule has 0 bridgehead atoms. The molecule has 2 aromatic carbocycles. The van der Waals surface area contributed by atoms with Crippen molar-refractivity contribution >= 4 is 11.6 Å². The quantitative estimate of drug-likeness (QED) is 0.887. The third kappa shape index (κ3) is 3.53. The molecule has 2 atom stereocenters. The first kappa shape index (κ1) is 14.9. The Labute approximate surface area is 125 Å². The van der Waals surface area contributed by atoms with E-state index in [4.69, 9.17) is 22.1 Å². The first-order valence-corrected chi connectivity index (χ1v) is 7.25. The molecule has 0 fully saturated rings. The van der Waals surface area contributed by atoms with Crippen LogP contribution in [0.5, 0.6) is 5.75 Å². The monoisotopic (exact) mass is 289 g/mol. The van der Waals surface area contributed by atoms with Crippen LogP contribution in [0.15, 0.2) is 48.5 Å². The topological polar surface area (TPSA) is 35.2 Å². The van der Waals surface area contributed by atoms with Crippen molar-refractivity contribution < 1.29 is 4.74 Å². The molecule has 2 unspecified atom stereocenters. The van der Waals surface area contributed by atoms with E-state index in [0.717, 1.165) is 12.0 Å². The van der Waals surface area contributed by atoms with E-state index in [0.29, 0.717) is 10.8 Å². The lowest BCUT2D eigenvalue weighted by Crippen LogP contribution is -2.28. The second kappa shape index (κ2) is 6.78. The SMILES string of the molecule is CCc1ccc(C(N)C(C)Oc2ccccc2Cl)cc1. The fraction of sp³-hybridized carbons (Fsp3) is 0.294. The number of hydrogen-bond acceptors (Lipinski definition) is 2. The third-order valence-corrected chi connectivity index (χ3v) is 3.74. The van der Waals surface area contributed by atoms with Crippen molar-refractivity contribution in [1.82, 2.24) is 0 Å². The van der Waals surface area contributed by atoms with Gasteiger partial charge in [-0.1, -0.05) is 54.9 Å². The van der Waals surface area contributed by atoms with Crippen LogP contribution in [0.25, 0.3) is 0 Å². The standard InChI is InChI=1S/C17H20ClNO/c1-3-13-8-10-14(11-9-13)17(19)12(2)20-16-7-5-4-6-15(16)18/h4-12,17H,3,19H2,1-2H3. The zero-order valence-corrected chi connectivity index (χ0v) is 12.6. The Bertz CT molecular complexity index is 553. The normalized spacial score (nSPS) is 13.8. The van der Waals surface area contributed by atoms with Gasteiger partial charge < -0.3 is 10.5 Å². The van der Waals surface area contributed by atoms with E-state index >= 15 is 0 Å². The maximum absolute atomic E-state index is 6.26. The molecule has 2 aromatic rings. The zero-order chi connectivity index (χ0) is 14.5. The van der Waals surface area contributed by atoms with E-state index in [-0.39, 0.29) is 12.1 Å². The van der Waals surface area contributed by atoms with Gasteiger partial charge in [0.2, 0.25) is 0 Å². The Kier molecular flexibility index (Phi) is 5.05. The smallest absolute Gasteiger partial charge is 0.138 e. The van der Waals surface area contributed by atoms with Gasteiger partial charge in [0.1, 0.15) is 11.9 Å². The van der Waals surface area contributed by atoms with Gasteiger partial charge in [0.05, 0.1) is 11.1 Å². The molecule has 0 aromatic heterocycles. The Morgan fingerprint density at radius 3 is 2.35 bits per heavy atom. The molecule has 0 radical (unpaired) electrons. The van der Waals surface area contributed by atoms with Crippen LogP contribution < -0.4 is 10.5 Å². The first-order chi connectivity index (χ1) is 9.61. The van der Waals surface area contributed by atoms with Gasteiger partial charge in [-0.2, -0.15) is 0 Å². The second-order valence-electron chi connectivity index (χ2n) is 4.87. The lowest BCUT2D eigenvalue weighted by molar-refractivity contribution is 0.190. The highest BCUT2D eigenvalue weighted by Gasteiger charge is 2.17. The Morgan fingerprint density at radius 2 is 1.75 bits per heavy atom. The van der Waals surface area contributed by atoms with Crippen LogP contribution in [-0.4, -0.2) is 6.10 Å². The highest BCUT2D eigenvalue weighted by molar-refractivity contribution is 6.32. The van der Waals surface area contributed by atoms with Crippen LogP contribution in [0.3, 0.4) is 0 Å². The predicted molar refractivity (Wildman–Crippen MR) is 84.3 cm³/mol. The fourth-order valence-corrected chi connectivity index (χ4v) is 2.24. The molecule has 2 rings (SSSR count). The van der Waals surface area contributed by atoms with Crippen molar-refractivity contribution in [3.63, 3.8) is 0 Å². The lowest BCUT2D eigenvalue weighted by Gasteiger charge is -2.22. The first-order valence-electron chi connectivity index (χ1n) is 6.87. The summed E-state index contributed by atoms with van der Waals surface area (Å²) < 4.78 is 5.86. The van der Waals surface area contributed by atoms with E-state index < -0.39 is 0 Å². The van der Waals surface area contributed by atoms with Crippen LogP contribution in [0.1, 0.15) is 31.0 Å². The van der Waals surface area contributed by atoms with Gasteiger partial charge in [0.15, 0.2) is 0 Å². The molecular weight excluding hydrogens is 270 g/mol. The summed E-state index contributed by atoms with van der Waals surface area (Å²) in [5, 5.41) is 0.605. The third-order valence-electron chi connectivity index (χ3n) is 3.43. The molecule has 3 heteroatoms.